The van der Waals surface area contributed by atoms with Gasteiger partial charge in [0, 0.05) is 17.5 Å². The molecule has 23 heavy (non-hydrogen) atoms. The zero-order valence-electron chi connectivity index (χ0n) is 12.4. The van der Waals surface area contributed by atoms with Crippen LogP contribution in [0.3, 0.4) is 0 Å². The Labute approximate surface area is 132 Å². The van der Waals surface area contributed by atoms with Gasteiger partial charge in [0.1, 0.15) is 5.75 Å². The molecule has 118 valence electrons. The Kier molecular flexibility index (Phi) is 5.09. The Hall–Kier alpha value is -3.15. The number of rotatable bonds is 5. The van der Waals surface area contributed by atoms with Gasteiger partial charge in [-0.25, -0.2) is 0 Å². The summed E-state index contributed by atoms with van der Waals surface area (Å²) in [6, 6.07) is 12.0. The lowest BCUT2D eigenvalue weighted by molar-refractivity contribution is -0.254. The molecule has 0 aliphatic carbocycles. The quantitative estimate of drug-likeness (QED) is 0.668. The molecule has 0 aromatic heterocycles. The molecule has 0 saturated heterocycles. The molecule has 0 aliphatic heterocycles. The molecule has 0 radical (unpaired) electrons. The van der Waals surface area contributed by atoms with E-state index in [1.54, 1.807) is 25.1 Å². The Bertz CT molecular complexity index is 754. The van der Waals surface area contributed by atoms with E-state index in [0.717, 1.165) is 0 Å². The van der Waals surface area contributed by atoms with Gasteiger partial charge in [0.15, 0.2) is 0 Å². The highest BCUT2D eigenvalue weighted by molar-refractivity contribution is 6.07. The molecule has 0 saturated carbocycles. The molecule has 2 aromatic carbocycles. The van der Waals surface area contributed by atoms with Crippen LogP contribution in [-0.4, -0.2) is 17.8 Å². The fourth-order valence-electron chi connectivity index (χ4n) is 1.87. The molecule has 0 spiro atoms. The molecule has 2 rings (SSSR count). The number of ether oxygens (including phenoxy) is 1. The van der Waals surface area contributed by atoms with Gasteiger partial charge in [-0.1, -0.05) is 31.2 Å². The van der Waals surface area contributed by atoms with Crippen molar-refractivity contribution in [2.75, 3.05) is 5.32 Å². The van der Waals surface area contributed by atoms with Crippen LogP contribution in [0.25, 0.3) is 0 Å². The van der Waals surface area contributed by atoms with E-state index in [1.165, 1.54) is 30.3 Å². The Morgan fingerprint density at radius 2 is 1.83 bits per heavy atom. The first-order chi connectivity index (χ1) is 11.0. The molecule has 0 heterocycles. The van der Waals surface area contributed by atoms with Crippen LogP contribution in [0.5, 0.6) is 5.75 Å². The van der Waals surface area contributed by atoms with Crippen LogP contribution in [0.2, 0.25) is 0 Å². The highest BCUT2D eigenvalue weighted by atomic mass is 16.5. The first-order valence-corrected chi connectivity index (χ1v) is 6.93. The highest BCUT2D eigenvalue weighted by Crippen LogP contribution is 2.18. The van der Waals surface area contributed by atoms with Gasteiger partial charge in [0.25, 0.3) is 5.91 Å². The minimum Gasteiger partial charge on any atom is -0.545 e. The van der Waals surface area contributed by atoms with E-state index in [2.05, 4.69) is 5.32 Å². The third kappa shape index (κ3) is 4.16. The zero-order valence-corrected chi connectivity index (χ0v) is 12.4. The van der Waals surface area contributed by atoms with E-state index >= 15 is 0 Å². The van der Waals surface area contributed by atoms with Gasteiger partial charge in [-0.15, -0.1) is 0 Å². The lowest BCUT2D eigenvalue weighted by Crippen LogP contribution is -2.24. The first kappa shape index (κ1) is 16.2. The number of esters is 1. The summed E-state index contributed by atoms with van der Waals surface area (Å²) in [5.41, 5.74) is 0.252. The van der Waals surface area contributed by atoms with E-state index in [-0.39, 0.29) is 29.0 Å². The van der Waals surface area contributed by atoms with Gasteiger partial charge in [-0.2, -0.15) is 0 Å². The first-order valence-electron chi connectivity index (χ1n) is 6.93. The van der Waals surface area contributed by atoms with Crippen molar-refractivity contribution in [2.45, 2.75) is 13.3 Å². The van der Waals surface area contributed by atoms with Crippen molar-refractivity contribution in [3.05, 3.63) is 59.7 Å². The molecule has 0 atom stereocenters. The predicted molar refractivity (Wildman–Crippen MR) is 81.1 cm³/mol. The van der Waals surface area contributed by atoms with E-state index in [4.69, 9.17) is 4.74 Å². The van der Waals surface area contributed by atoms with Crippen LogP contribution >= 0.6 is 0 Å². The number of benzene rings is 2. The van der Waals surface area contributed by atoms with Crippen molar-refractivity contribution in [2.24, 2.45) is 0 Å². The Morgan fingerprint density at radius 3 is 2.52 bits per heavy atom. The molecular formula is C17H14NO5-. The Morgan fingerprint density at radius 1 is 1.09 bits per heavy atom. The molecule has 6 heteroatoms. The summed E-state index contributed by atoms with van der Waals surface area (Å²) in [6.07, 6.45) is 0.218. The summed E-state index contributed by atoms with van der Waals surface area (Å²) in [7, 11) is 0. The van der Waals surface area contributed by atoms with Crippen LogP contribution in [0.15, 0.2) is 48.5 Å². The normalized spacial score (nSPS) is 9.96. The molecule has 0 aliphatic rings. The number of carbonyl (C=O) groups is 3. The van der Waals surface area contributed by atoms with Crippen molar-refractivity contribution < 1.29 is 24.2 Å². The maximum Gasteiger partial charge on any atom is 0.310 e. The number of carbonyl (C=O) groups excluding carboxylic acids is 3. The lowest BCUT2D eigenvalue weighted by atomic mass is 10.1. The fraction of sp³-hybridized carbons (Fsp3) is 0.118. The van der Waals surface area contributed by atoms with Crippen LogP contribution in [0.1, 0.15) is 34.1 Å². The average molecular weight is 312 g/mol. The second kappa shape index (κ2) is 7.22. The average Bonchev–Trinajstić information content (AvgIpc) is 2.55. The van der Waals surface area contributed by atoms with Gasteiger partial charge in [-0.3, -0.25) is 9.59 Å². The number of hydrogen-bond acceptors (Lipinski definition) is 5. The zero-order chi connectivity index (χ0) is 16.8. The Balaban J connectivity index is 2.20. The second-order valence-electron chi connectivity index (χ2n) is 4.64. The molecule has 1 N–H and O–H groups in total. The van der Waals surface area contributed by atoms with Crippen LogP contribution in [0, 0.1) is 0 Å². The molecule has 1 amide bonds. The molecular weight excluding hydrogens is 298 g/mol. The summed E-state index contributed by atoms with van der Waals surface area (Å²) in [4.78, 5) is 34.5. The fourth-order valence-corrected chi connectivity index (χ4v) is 1.87. The second-order valence-corrected chi connectivity index (χ2v) is 4.64. The summed E-state index contributed by atoms with van der Waals surface area (Å²) in [5.74, 6) is -2.07. The number of para-hydroxylation sites is 1. The van der Waals surface area contributed by atoms with Gasteiger partial charge >= 0.3 is 5.97 Å². The number of carboxylic acid groups (broad SMARTS) is 1. The number of aromatic carboxylic acids is 1. The smallest absolute Gasteiger partial charge is 0.310 e. The molecule has 0 bridgehead atoms. The molecule has 0 unspecified atom stereocenters. The minimum absolute atomic E-state index is 0.116. The number of amides is 1. The van der Waals surface area contributed by atoms with Crippen molar-refractivity contribution >= 4 is 23.5 Å². The van der Waals surface area contributed by atoms with Crippen LogP contribution < -0.4 is 15.2 Å². The SMILES string of the molecule is CCC(=O)Oc1cccc(C(=O)Nc2ccccc2C(=O)[O-])c1. The van der Waals surface area contributed by atoms with Crippen molar-refractivity contribution in [1.29, 1.82) is 0 Å². The monoisotopic (exact) mass is 312 g/mol. The number of carboxylic acids is 1. The molecule has 6 nitrogen and oxygen atoms in total. The summed E-state index contributed by atoms with van der Waals surface area (Å²) in [5, 5.41) is 13.5. The highest BCUT2D eigenvalue weighted by Gasteiger charge is 2.11. The number of anilines is 1. The van der Waals surface area contributed by atoms with Crippen LogP contribution in [0.4, 0.5) is 5.69 Å². The van der Waals surface area contributed by atoms with Crippen molar-refractivity contribution in [3.8, 4) is 5.75 Å². The van der Waals surface area contributed by atoms with E-state index < -0.39 is 17.8 Å². The summed E-state index contributed by atoms with van der Waals surface area (Å²) < 4.78 is 5.04. The van der Waals surface area contributed by atoms with Gasteiger partial charge in [-0.05, 0) is 24.3 Å². The number of nitrogens with one attached hydrogen (secondary N) is 1. The van der Waals surface area contributed by atoms with Gasteiger partial charge in [0.2, 0.25) is 0 Å². The topological polar surface area (TPSA) is 95.5 Å². The maximum absolute atomic E-state index is 12.2. The molecule has 0 fully saturated rings. The van der Waals surface area contributed by atoms with Crippen LogP contribution in [-0.2, 0) is 4.79 Å². The maximum atomic E-state index is 12.2. The van der Waals surface area contributed by atoms with Gasteiger partial charge < -0.3 is 20.0 Å². The summed E-state index contributed by atoms with van der Waals surface area (Å²) >= 11 is 0. The largest absolute Gasteiger partial charge is 0.545 e. The predicted octanol–water partition coefficient (Wildman–Crippen LogP) is 1.62. The third-order valence-electron chi connectivity index (χ3n) is 3.01. The van der Waals surface area contributed by atoms with Crippen molar-refractivity contribution in [3.63, 3.8) is 0 Å². The summed E-state index contributed by atoms with van der Waals surface area (Å²) in [6.45, 7) is 1.66. The standard InChI is InChI=1S/C17H15NO5/c1-2-15(19)23-12-7-5-6-11(10-12)16(20)18-14-9-4-3-8-13(14)17(21)22/h3-10H,2H2,1H3,(H,18,20)(H,21,22)/p-1. The van der Waals surface area contributed by atoms with Crippen molar-refractivity contribution in [1.82, 2.24) is 0 Å². The van der Waals surface area contributed by atoms with E-state index in [1.807, 2.05) is 0 Å². The van der Waals surface area contributed by atoms with E-state index in [0.29, 0.717) is 0 Å². The minimum atomic E-state index is -1.38. The van der Waals surface area contributed by atoms with Gasteiger partial charge in [0.05, 0.1) is 11.7 Å². The van der Waals surface area contributed by atoms with E-state index in [9.17, 15) is 19.5 Å². The number of hydrogen-bond donors (Lipinski definition) is 1. The lowest BCUT2D eigenvalue weighted by Gasteiger charge is -2.12. The molecule has 2 aromatic rings. The third-order valence-corrected chi connectivity index (χ3v) is 3.01.